The van der Waals surface area contributed by atoms with Crippen molar-refractivity contribution in [3.05, 3.63) is 23.5 Å². The molecule has 1 fully saturated rings. The average Bonchev–Trinajstić information content (AvgIpc) is 3.13. The van der Waals surface area contributed by atoms with Crippen molar-refractivity contribution in [2.45, 2.75) is 46.6 Å². The molecule has 3 heterocycles. The van der Waals surface area contributed by atoms with Gasteiger partial charge in [0.1, 0.15) is 0 Å². The topological polar surface area (TPSA) is 63.1 Å². The molecular formula is C17H25N5OS. The molecule has 0 bridgehead atoms. The van der Waals surface area contributed by atoms with E-state index in [1.165, 1.54) is 11.4 Å². The van der Waals surface area contributed by atoms with Gasteiger partial charge in [-0.25, -0.2) is 0 Å². The number of nitrogens with one attached hydrogen (secondary N) is 1. The van der Waals surface area contributed by atoms with E-state index in [4.69, 9.17) is 0 Å². The van der Waals surface area contributed by atoms with Crippen molar-refractivity contribution in [3.63, 3.8) is 0 Å². The number of aryl methyl sites for hydroxylation is 2. The Kier molecular flexibility index (Phi) is 4.89. The van der Waals surface area contributed by atoms with Gasteiger partial charge in [-0.1, -0.05) is 11.3 Å². The second-order valence-corrected chi connectivity index (χ2v) is 7.68. The molecule has 7 heteroatoms. The first-order chi connectivity index (χ1) is 11.5. The first kappa shape index (κ1) is 17.0. The summed E-state index contributed by atoms with van der Waals surface area (Å²) in [5, 5.41) is 13.6. The molecule has 0 aromatic carbocycles. The Morgan fingerprint density at radius 2 is 1.75 bits per heavy atom. The zero-order chi connectivity index (χ0) is 17.3. The van der Waals surface area contributed by atoms with Gasteiger partial charge in [-0.05, 0) is 52.7 Å². The van der Waals surface area contributed by atoms with Gasteiger partial charge in [0.15, 0.2) is 0 Å². The highest BCUT2D eigenvalue weighted by molar-refractivity contribution is 7.17. The smallest absolute Gasteiger partial charge is 0.223 e. The molecule has 0 atom stereocenters. The third-order valence-electron chi connectivity index (χ3n) is 4.43. The van der Waals surface area contributed by atoms with Gasteiger partial charge in [0.25, 0.3) is 0 Å². The van der Waals surface area contributed by atoms with Crippen LogP contribution in [-0.2, 0) is 4.79 Å². The summed E-state index contributed by atoms with van der Waals surface area (Å²) < 4.78 is 2.13. The van der Waals surface area contributed by atoms with Crippen molar-refractivity contribution < 1.29 is 4.79 Å². The van der Waals surface area contributed by atoms with Gasteiger partial charge in [0.05, 0.1) is 0 Å². The molecule has 6 nitrogen and oxygen atoms in total. The molecule has 0 saturated carbocycles. The van der Waals surface area contributed by atoms with Gasteiger partial charge in [0.2, 0.25) is 16.2 Å². The van der Waals surface area contributed by atoms with Crippen molar-refractivity contribution in [1.82, 2.24) is 20.1 Å². The predicted molar refractivity (Wildman–Crippen MR) is 96.9 cm³/mol. The normalized spacial score (nSPS) is 16.0. The van der Waals surface area contributed by atoms with E-state index in [-0.39, 0.29) is 17.9 Å². The number of amides is 1. The summed E-state index contributed by atoms with van der Waals surface area (Å²) in [6.07, 6.45) is 1.74. The predicted octanol–water partition coefficient (Wildman–Crippen LogP) is 2.69. The SMILES string of the molecule is Cc1ccc(C)n1-c1nnc(N2CCC(C(=O)NC(C)C)CC2)s1. The number of hydrogen-bond donors (Lipinski definition) is 1. The number of piperidine rings is 1. The number of hydrogen-bond acceptors (Lipinski definition) is 5. The fourth-order valence-electron chi connectivity index (χ4n) is 3.13. The van der Waals surface area contributed by atoms with Gasteiger partial charge in [0, 0.05) is 36.4 Å². The van der Waals surface area contributed by atoms with Crippen molar-refractivity contribution in [3.8, 4) is 5.13 Å². The van der Waals surface area contributed by atoms with Gasteiger partial charge < -0.3 is 10.2 Å². The van der Waals surface area contributed by atoms with Gasteiger partial charge in [-0.2, -0.15) is 0 Å². The van der Waals surface area contributed by atoms with Crippen LogP contribution in [0.2, 0.25) is 0 Å². The fraction of sp³-hybridized carbons (Fsp3) is 0.588. The Morgan fingerprint density at radius 1 is 1.17 bits per heavy atom. The van der Waals surface area contributed by atoms with Crippen LogP contribution in [0.1, 0.15) is 38.1 Å². The molecule has 2 aromatic heterocycles. The van der Waals surface area contributed by atoms with Crippen molar-refractivity contribution >= 4 is 22.4 Å². The number of nitrogens with zero attached hydrogens (tertiary/aromatic N) is 4. The second-order valence-electron chi connectivity index (χ2n) is 6.74. The number of rotatable bonds is 4. The van der Waals surface area contributed by atoms with E-state index < -0.39 is 0 Å². The lowest BCUT2D eigenvalue weighted by atomic mass is 9.96. The average molecular weight is 347 g/mol. The molecule has 0 unspecified atom stereocenters. The Balaban J connectivity index is 1.65. The van der Waals surface area contributed by atoms with Crippen LogP contribution in [0.15, 0.2) is 12.1 Å². The molecule has 0 aliphatic carbocycles. The Morgan fingerprint density at radius 3 is 2.33 bits per heavy atom. The minimum atomic E-state index is 0.116. The highest BCUT2D eigenvalue weighted by atomic mass is 32.1. The lowest BCUT2D eigenvalue weighted by Gasteiger charge is -2.31. The molecule has 24 heavy (non-hydrogen) atoms. The minimum Gasteiger partial charge on any atom is -0.354 e. The third-order valence-corrected chi connectivity index (χ3v) is 5.40. The number of anilines is 1. The maximum atomic E-state index is 12.1. The van der Waals surface area contributed by atoms with E-state index in [0.29, 0.717) is 0 Å². The van der Waals surface area contributed by atoms with Crippen LogP contribution >= 0.6 is 11.3 Å². The van der Waals surface area contributed by atoms with E-state index in [1.807, 2.05) is 13.8 Å². The van der Waals surface area contributed by atoms with Gasteiger partial charge in [-0.3, -0.25) is 9.36 Å². The Bertz CT molecular complexity index is 693. The zero-order valence-corrected chi connectivity index (χ0v) is 15.6. The molecule has 1 saturated heterocycles. The lowest BCUT2D eigenvalue weighted by molar-refractivity contribution is -0.126. The molecular weight excluding hydrogens is 322 g/mol. The summed E-state index contributed by atoms with van der Waals surface area (Å²) in [5.74, 6) is 0.297. The van der Waals surface area contributed by atoms with Crippen LogP contribution in [0.3, 0.4) is 0 Å². The summed E-state index contributed by atoms with van der Waals surface area (Å²) in [4.78, 5) is 14.4. The molecule has 130 valence electrons. The first-order valence-corrected chi connectivity index (χ1v) is 9.31. The van der Waals surface area contributed by atoms with Crippen LogP contribution in [0, 0.1) is 19.8 Å². The maximum Gasteiger partial charge on any atom is 0.223 e. The summed E-state index contributed by atoms with van der Waals surface area (Å²) in [6, 6.07) is 4.39. The van der Waals surface area contributed by atoms with Crippen LogP contribution in [0.5, 0.6) is 0 Å². The minimum absolute atomic E-state index is 0.116. The van der Waals surface area contributed by atoms with E-state index in [9.17, 15) is 4.79 Å². The van der Waals surface area contributed by atoms with Crippen LogP contribution < -0.4 is 10.2 Å². The van der Waals surface area contributed by atoms with Crippen LogP contribution in [0.25, 0.3) is 5.13 Å². The van der Waals surface area contributed by atoms with Crippen molar-refractivity contribution in [2.24, 2.45) is 5.92 Å². The zero-order valence-electron chi connectivity index (χ0n) is 14.7. The quantitative estimate of drug-likeness (QED) is 0.924. The maximum absolute atomic E-state index is 12.1. The van der Waals surface area contributed by atoms with Crippen LogP contribution in [0.4, 0.5) is 5.13 Å². The molecule has 1 aliphatic rings. The fourth-order valence-corrected chi connectivity index (χ4v) is 4.15. The summed E-state index contributed by atoms with van der Waals surface area (Å²) >= 11 is 1.61. The monoisotopic (exact) mass is 347 g/mol. The molecule has 0 radical (unpaired) electrons. The van der Waals surface area contributed by atoms with Gasteiger partial charge in [-0.15, -0.1) is 10.2 Å². The Labute approximate surface area is 146 Å². The third kappa shape index (κ3) is 3.45. The van der Waals surface area contributed by atoms with E-state index in [0.717, 1.165) is 36.2 Å². The van der Waals surface area contributed by atoms with Crippen molar-refractivity contribution in [2.75, 3.05) is 18.0 Å². The number of aromatic nitrogens is 3. The summed E-state index contributed by atoms with van der Waals surface area (Å²) in [7, 11) is 0. The summed E-state index contributed by atoms with van der Waals surface area (Å²) in [6.45, 7) is 9.87. The van der Waals surface area contributed by atoms with E-state index >= 15 is 0 Å². The molecule has 1 amide bonds. The van der Waals surface area contributed by atoms with Gasteiger partial charge >= 0.3 is 0 Å². The molecule has 3 rings (SSSR count). The van der Waals surface area contributed by atoms with E-state index in [1.54, 1.807) is 11.3 Å². The van der Waals surface area contributed by atoms with Crippen LogP contribution in [-0.4, -0.2) is 39.8 Å². The highest BCUT2D eigenvalue weighted by Crippen LogP contribution is 2.29. The second kappa shape index (κ2) is 6.93. The Hall–Kier alpha value is -1.89. The van der Waals surface area contributed by atoms with Crippen molar-refractivity contribution in [1.29, 1.82) is 0 Å². The molecule has 2 aromatic rings. The standard InChI is InChI=1S/C17H25N5OS/c1-11(2)18-15(23)14-7-9-21(10-8-14)16-19-20-17(24-16)22-12(3)5-6-13(22)4/h5-6,11,14H,7-10H2,1-4H3,(H,18,23). The molecule has 1 aliphatic heterocycles. The summed E-state index contributed by atoms with van der Waals surface area (Å²) in [5.41, 5.74) is 2.33. The molecule has 0 spiro atoms. The number of carbonyl (C=O) groups excluding carboxylic acids is 1. The van der Waals surface area contributed by atoms with E-state index in [2.05, 4.69) is 51.0 Å². The first-order valence-electron chi connectivity index (χ1n) is 8.50. The largest absolute Gasteiger partial charge is 0.354 e. The highest BCUT2D eigenvalue weighted by Gasteiger charge is 2.27. The molecule has 1 N–H and O–H groups in total. The lowest BCUT2D eigenvalue weighted by Crippen LogP contribution is -2.42. The number of carbonyl (C=O) groups is 1.